The summed E-state index contributed by atoms with van der Waals surface area (Å²) >= 11 is 0. The van der Waals surface area contributed by atoms with E-state index in [1.54, 1.807) is 0 Å². The molecule has 1 aliphatic carbocycles. The van der Waals surface area contributed by atoms with Crippen LogP contribution < -0.4 is 10.1 Å². The monoisotopic (exact) mass is 291 g/mol. The van der Waals surface area contributed by atoms with Crippen LogP contribution in [0.1, 0.15) is 51.3 Å². The van der Waals surface area contributed by atoms with Crippen LogP contribution in [0.4, 0.5) is 0 Å². The summed E-state index contributed by atoms with van der Waals surface area (Å²) in [7, 11) is 2.17. The SMILES string of the molecule is CCCNC(CC)c1ccc(OCCN(C)C2CC2)cn1. The van der Waals surface area contributed by atoms with Gasteiger partial charge in [0.25, 0.3) is 0 Å². The van der Waals surface area contributed by atoms with Crippen molar-refractivity contribution in [3.63, 3.8) is 0 Å². The van der Waals surface area contributed by atoms with Crippen LogP contribution in [-0.2, 0) is 0 Å². The molecule has 0 saturated heterocycles. The normalized spacial score (nSPS) is 16.2. The smallest absolute Gasteiger partial charge is 0.137 e. The van der Waals surface area contributed by atoms with E-state index >= 15 is 0 Å². The molecule has 118 valence electrons. The van der Waals surface area contributed by atoms with Crippen LogP contribution in [0.5, 0.6) is 5.75 Å². The molecule has 0 amide bonds. The summed E-state index contributed by atoms with van der Waals surface area (Å²) in [4.78, 5) is 6.93. The fraction of sp³-hybridized carbons (Fsp3) is 0.706. The maximum absolute atomic E-state index is 5.78. The third-order valence-corrected chi connectivity index (χ3v) is 4.05. The summed E-state index contributed by atoms with van der Waals surface area (Å²) in [6.07, 6.45) is 6.74. The highest BCUT2D eigenvalue weighted by molar-refractivity contribution is 5.21. The van der Waals surface area contributed by atoms with E-state index in [2.05, 4.69) is 42.2 Å². The van der Waals surface area contributed by atoms with E-state index in [-0.39, 0.29) is 0 Å². The maximum atomic E-state index is 5.78. The van der Waals surface area contributed by atoms with E-state index in [0.717, 1.165) is 50.0 Å². The van der Waals surface area contributed by atoms with Gasteiger partial charge in [0, 0.05) is 18.6 Å². The minimum absolute atomic E-state index is 0.347. The highest BCUT2D eigenvalue weighted by atomic mass is 16.5. The summed E-state index contributed by atoms with van der Waals surface area (Å²) in [5.41, 5.74) is 1.10. The minimum Gasteiger partial charge on any atom is -0.491 e. The van der Waals surface area contributed by atoms with Crippen molar-refractivity contribution >= 4 is 0 Å². The van der Waals surface area contributed by atoms with Gasteiger partial charge in [0.1, 0.15) is 12.4 Å². The molecular formula is C17H29N3O. The Kier molecular flexibility index (Phi) is 6.46. The van der Waals surface area contributed by atoms with E-state index in [1.807, 2.05) is 12.3 Å². The lowest BCUT2D eigenvalue weighted by molar-refractivity contribution is 0.231. The zero-order valence-electron chi connectivity index (χ0n) is 13.6. The van der Waals surface area contributed by atoms with Crippen molar-refractivity contribution in [3.8, 4) is 5.75 Å². The predicted molar refractivity (Wildman–Crippen MR) is 86.7 cm³/mol. The Morgan fingerprint density at radius 2 is 2.19 bits per heavy atom. The fourth-order valence-electron chi connectivity index (χ4n) is 2.47. The zero-order valence-corrected chi connectivity index (χ0v) is 13.6. The van der Waals surface area contributed by atoms with Gasteiger partial charge in [-0.05, 0) is 51.4 Å². The van der Waals surface area contributed by atoms with Crippen molar-refractivity contribution in [2.24, 2.45) is 0 Å². The van der Waals surface area contributed by atoms with E-state index in [4.69, 9.17) is 4.74 Å². The second kappa shape index (κ2) is 8.35. The second-order valence-electron chi connectivity index (χ2n) is 5.89. The van der Waals surface area contributed by atoms with Crippen LogP contribution in [0.25, 0.3) is 0 Å². The van der Waals surface area contributed by atoms with Crippen LogP contribution in [0, 0.1) is 0 Å². The second-order valence-corrected chi connectivity index (χ2v) is 5.89. The number of aromatic nitrogens is 1. The van der Waals surface area contributed by atoms with Gasteiger partial charge in [-0.1, -0.05) is 13.8 Å². The molecule has 0 aliphatic heterocycles. The Hall–Kier alpha value is -1.13. The maximum Gasteiger partial charge on any atom is 0.137 e. The van der Waals surface area contributed by atoms with Crippen LogP contribution in [0.15, 0.2) is 18.3 Å². The first-order chi connectivity index (χ1) is 10.2. The summed E-state index contributed by atoms with van der Waals surface area (Å²) in [5, 5.41) is 3.52. The van der Waals surface area contributed by atoms with Crippen LogP contribution >= 0.6 is 0 Å². The third-order valence-electron chi connectivity index (χ3n) is 4.05. The van der Waals surface area contributed by atoms with Crippen molar-refractivity contribution in [2.45, 2.75) is 51.6 Å². The molecule has 0 aromatic carbocycles. The van der Waals surface area contributed by atoms with Gasteiger partial charge in [-0.2, -0.15) is 0 Å². The van der Waals surface area contributed by atoms with Crippen LogP contribution in [-0.4, -0.2) is 42.7 Å². The lowest BCUT2D eigenvalue weighted by Gasteiger charge is -2.17. The number of hydrogen-bond donors (Lipinski definition) is 1. The molecule has 0 bridgehead atoms. The molecule has 1 saturated carbocycles. The van der Waals surface area contributed by atoms with Crippen LogP contribution in [0.2, 0.25) is 0 Å². The number of hydrogen-bond acceptors (Lipinski definition) is 4. The number of pyridine rings is 1. The average molecular weight is 291 g/mol. The Labute approximate surface area is 128 Å². The first-order valence-corrected chi connectivity index (χ1v) is 8.27. The largest absolute Gasteiger partial charge is 0.491 e. The van der Waals surface area contributed by atoms with Crippen LogP contribution in [0.3, 0.4) is 0 Å². The molecule has 1 heterocycles. The van der Waals surface area contributed by atoms with Crippen molar-refractivity contribution in [1.29, 1.82) is 0 Å². The van der Waals surface area contributed by atoms with Crippen molar-refractivity contribution in [2.75, 3.05) is 26.7 Å². The molecule has 2 rings (SSSR count). The van der Waals surface area contributed by atoms with E-state index < -0.39 is 0 Å². The topological polar surface area (TPSA) is 37.4 Å². The standard InChI is InChI=1S/C17H29N3O/c1-4-10-18-16(5-2)17-9-8-15(13-19-17)21-12-11-20(3)14-6-7-14/h8-9,13-14,16,18H,4-7,10-12H2,1-3H3. The number of rotatable bonds is 10. The molecule has 1 aromatic heterocycles. The van der Waals surface area contributed by atoms with Gasteiger partial charge in [-0.15, -0.1) is 0 Å². The molecule has 1 aliphatic rings. The Balaban J connectivity index is 1.77. The predicted octanol–water partition coefficient (Wildman–Crippen LogP) is 3.01. The number of nitrogens with zero attached hydrogens (tertiary/aromatic N) is 2. The number of ether oxygens (including phenoxy) is 1. The average Bonchev–Trinajstić information content (AvgIpc) is 3.34. The van der Waals surface area contributed by atoms with Gasteiger partial charge >= 0.3 is 0 Å². The van der Waals surface area contributed by atoms with Crippen molar-refractivity contribution in [1.82, 2.24) is 15.2 Å². The Bertz CT molecular complexity index is 403. The number of likely N-dealkylation sites (N-methyl/N-ethyl adjacent to an activating group) is 1. The molecule has 0 spiro atoms. The quantitative estimate of drug-likeness (QED) is 0.719. The lowest BCUT2D eigenvalue weighted by atomic mass is 10.1. The molecule has 0 radical (unpaired) electrons. The molecule has 4 nitrogen and oxygen atoms in total. The molecule has 1 fully saturated rings. The zero-order chi connectivity index (χ0) is 15.1. The van der Waals surface area contributed by atoms with Gasteiger partial charge < -0.3 is 15.0 Å². The lowest BCUT2D eigenvalue weighted by Crippen LogP contribution is -2.26. The molecular weight excluding hydrogens is 262 g/mol. The van der Waals surface area contributed by atoms with Gasteiger partial charge in [-0.25, -0.2) is 0 Å². The molecule has 1 aromatic rings. The van der Waals surface area contributed by atoms with E-state index in [9.17, 15) is 0 Å². The van der Waals surface area contributed by atoms with Gasteiger partial charge in [0.2, 0.25) is 0 Å². The van der Waals surface area contributed by atoms with E-state index in [1.165, 1.54) is 12.8 Å². The van der Waals surface area contributed by atoms with Gasteiger partial charge in [0.05, 0.1) is 11.9 Å². The van der Waals surface area contributed by atoms with Crippen molar-refractivity contribution < 1.29 is 4.74 Å². The fourth-order valence-corrected chi connectivity index (χ4v) is 2.47. The van der Waals surface area contributed by atoms with Gasteiger partial charge in [0.15, 0.2) is 0 Å². The molecule has 4 heteroatoms. The highest BCUT2D eigenvalue weighted by Gasteiger charge is 2.25. The first kappa shape index (κ1) is 16.2. The summed E-state index contributed by atoms with van der Waals surface area (Å²) in [6.45, 7) is 7.13. The molecule has 21 heavy (non-hydrogen) atoms. The Morgan fingerprint density at radius 3 is 2.76 bits per heavy atom. The Morgan fingerprint density at radius 1 is 1.38 bits per heavy atom. The minimum atomic E-state index is 0.347. The van der Waals surface area contributed by atoms with Crippen molar-refractivity contribution in [3.05, 3.63) is 24.0 Å². The summed E-state index contributed by atoms with van der Waals surface area (Å²) in [5.74, 6) is 0.869. The molecule has 1 N–H and O–H groups in total. The summed E-state index contributed by atoms with van der Waals surface area (Å²) in [6, 6.07) is 5.26. The highest BCUT2D eigenvalue weighted by Crippen LogP contribution is 2.25. The summed E-state index contributed by atoms with van der Waals surface area (Å²) < 4.78 is 5.78. The number of nitrogens with one attached hydrogen (secondary N) is 1. The third kappa shape index (κ3) is 5.29. The first-order valence-electron chi connectivity index (χ1n) is 8.27. The molecule has 1 unspecified atom stereocenters. The molecule has 1 atom stereocenters. The van der Waals surface area contributed by atoms with E-state index in [0.29, 0.717) is 6.04 Å². The van der Waals surface area contributed by atoms with Gasteiger partial charge in [-0.3, -0.25) is 4.98 Å².